The summed E-state index contributed by atoms with van der Waals surface area (Å²) >= 11 is 0. The molecule has 1 aromatic rings. The molecule has 5 heteroatoms. The van der Waals surface area contributed by atoms with Crippen molar-refractivity contribution in [2.45, 2.75) is 50.7 Å². The van der Waals surface area contributed by atoms with Crippen molar-refractivity contribution in [1.29, 1.82) is 0 Å². The first kappa shape index (κ1) is 19.3. The Bertz CT molecular complexity index is 611. The van der Waals surface area contributed by atoms with E-state index in [2.05, 4.69) is 48.7 Å². The van der Waals surface area contributed by atoms with E-state index in [9.17, 15) is 4.79 Å². The van der Waals surface area contributed by atoms with Crippen LogP contribution in [0, 0.1) is 5.92 Å². The van der Waals surface area contributed by atoms with Gasteiger partial charge in [-0.15, -0.1) is 0 Å². The number of rotatable bonds is 7. The van der Waals surface area contributed by atoms with Crippen LogP contribution in [0.3, 0.4) is 0 Å². The number of carbonyl (C=O) groups excluding carboxylic acids is 1. The average molecular weight is 360 g/mol. The van der Waals surface area contributed by atoms with Crippen molar-refractivity contribution in [3.8, 4) is 0 Å². The number of piperidine rings is 1. The molecule has 3 rings (SSSR count). The van der Waals surface area contributed by atoms with Crippen LogP contribution in [-0.2, 0) is 19.7 Å². The third-order valence-corrected chi connectivity index (χ3v) is 5.67. The van der Waals surface area contributed by atoms with Crippen LogP contribution in [0.4, 0.5) is 0 Å². The van der Waals surface area contributed by atoms with Gasteiger partial charge in [0, 0.05) is 18.9 Å². The van der Waals surface area contributed by atoms with Crippen molar-refractivity contribution < 1.29 is 14.3 Å². The fourth-order valence-corrected chi connectivity index (χ4v) is 4.55. The molecule has 144 valence electrons. The van der Waals surface area contributed by atoms with Gasteiger partial charge in [0.2, 0.25) is 5.91 Å². The van der Waals surface area contributed by atoms with E-state index in [-0.39, 0.29) is 23.5 Å². The Kier molecular flexibility index (Phi) is 6.33. The first-order valence-corrected chi connectivity index (χ1v) is 9.78. The smallest absolute Gasteiger partial charge is 0.220 e. The van der Waals surface area contributed by atoms with E-state index in [0.717, 1.165) is 25.9 Å². The van der Waals surface area contributed by atoms with E-state index in [1.807, 2.05) is 0 Å². The molecule has 1 saturated heterocycles. The number of hydrogen-bond donors (Lipinski definition) is 2. The largest absolute Gasteiger partial charge is 0.382 e. The highest BCUT2D eigenvalue weighted by atomic mass is 16.5. The van der Waals surface area contributed by atoms with Gasteiger partial charge in [-0.1, -0.05) is 38.1 Å². The summed E-state index contributed by atoms with van der Waals surface area (Å²) in [5.41, 5.74) is 2.53. The highest BCUT2D eigenvalue weighted by molar-refractivity contribution is 5.77. The maximum absolute atomic E-state index is 12.6. The zero-order valence-corrected chi connectivity index (χ0v) is 16.2. The summed E-state index contributed by atoms with van der Waals surface area (Å²) in [6.07, 6.45) is 2.54. The third-order valence-electron chi connectivity index (χ3n) is 5.67. The van der Waals surface area contributed by atoms with Gasteiger partial charge in [-0.25, -0.2) is 0 Å². The molecule has 1 aliphatic heterocycles. The summed E-state index contributed by atoms with van der Waals surface area (Å²) in [4.78, 5) is 12.6. The minimum absolute atomic E-state index is 0.0363. The third kappa shape index (κ3) is 3.80. The van der Waals surface area contributed by atoms with E-state index < -0.39 is 0 Å². The van der Waals surface area contributed by atoms with Gasteiger partial charge in [0.15, 0.2) is 0 Å². The highest BCUT2D eigenvalue weighted by Crippen LogP contribution is 2.51. The Morgan fingerprint density at radius 3 is 2.69 bits per heavy atom. The molecular formula is C21H32N2O3. The minimum atomic E-state index is -0.0904. The van der Waals surface area contributed by atoms with Crippen LogP contribution in [-0.4, -0.2) is 45.4 Å². The number of nitrogens with one attached hydrogen (secondary N) is 2. The topological polar surface area (TPSA) is 59.6 Å². The molecule has 0 aromatic heterocycles. The fraction of sp³-hybridized carbons (Fsp3) is 0.667. The van der Waals surface area contributed by atoms with Crippen LogP contribution in [0.15, 0.2) is 24.3 Å². The molecule has 5 nitrogen and oxygen atoms in total. The number of hydrogen-bond acceptors (Lipinski definition) is 4. The summed E-state index contributed by atoms with van der Waals surface area (Å²) < 4.78 is 11.6. The zero-order valence-electron chi connectivity index (χ0n) is 16.2. The maximum atomic E-state index is 12.6. The standard InChI is InChI=1S/C21H32N2O3/c1-15(2)14-18(24)23-19-16-6-4-5-7-17(16)21(8-10-22-11-9-21)20(19)26-13-12-25-3/h4-7,15,19-20,22H,8-14H2,1-3H3,(H,23,24)/t19-,20+/m1/s1. The highest BCUT2D eigenvalue weighted by Gasteiger charge is 2.53. The molecule has 26 heavy (non-hydrogen) atoms. The van der Waals surface area contributed by atoms with Crippen molar-refractivity contribution in [3.63, 3.8) is 0 Å². The van der Waals surface area contributed by atoms with Gasteiger partial charge in [-0.3, -0.25) is 4.79 Å². The summed E-state index contributed by atoms with van der Waals surface area (Å²) in [6, 6.07) is 8.45. The second-order valence-corrected chi connectivity index (χ2v) is 7.92. The molecule has 1 heterocycles. The quantitative estimate of drug-likeness (QED) is 0.734. The van der Waals surface area contributed by atoms with E-state index in [0.29, 0.717) is 25.6 Å². The zero-order chi connectivity index (χ0) is 18.6. The Morgan fingerprint density at radius 2 is 2.00 bits per heavy atom. The molecule has 2 aliphatic rings. The first-order valence-electron chi connectivity index (χ1n) is 9.78. The number of amides is 1. The summed E-state index contributed by atoms with van der Waals surface area (Å²) in [5, 5.41) is 6.76. The molecule has 0 saturated carbocycles. The Hall–Kier alpha value is -1.43. The van der Waals surface area contributed by atoms with Gasteiger partial charge in [-0.2, -0.15) is 0 Å². The van der Waals surface area contributed by atoms with Crippen LogP contribution in [0.25, 0.3) is 0 Å². The molecule has 1 fully saturated rings. The molecule has 2 atom stereocenters. The maximum Gasteiger partial charge on any atom is 0.220 e. The molecule has 1 aromatic carbocycles. The Morgan fingerprint density at radius 1 is 1.27 bits per heavy atom. The number of carbonyl (C=O) groups is 1. The molecule has 0 radical (unpaired) electrons. The van der Waals surface area contributed by atoms with Gasteiger partial charge >= 0.3 is 0 Å². The lowest BCUT2D eigenvalue weighted by atomic mass is 9.72. The average Bonchev–Trinajstić information content (AvgIpc) is 2.86. The molecular weight excluding hydrogens is 328 g/mol. The predicted molar refractivity (Wildman–Crippen MR) is 102 cm³/mol. The molecule has 0 bridgehead atoms. The van der Waals surface area contributed by atoms with Gasteiger partial charge < -0.3 is 20.1 Å². The summed E-state index contributed by atoms with van der Waals surface area (Å²) in [7, 11) is 1.69. The number of methoxy groups -OCH3 is 1. The van der Waals surface area contributed by atoms with Gasteiger partial charge in [0.05, 0.1) is 25.4 Å². The summed E-state index contributed by atoms with van der Waals surface area (Å²) in [6.45, 7) is 7.21. The van der Waals surface area contributed by atoms with Crippen molar-refractivity contribution >= 4 is 5.91 Å². The van der Waals surface area contributed by atoms with Crippen molar-refractivity contribution in [1.82, 2.24) is 10.6 Å². The van der Waals surface area contributed by atoms with Crippen molar-refractivity contribution in [3.05, 3.63) is 35.4 Å². The minimum Gasteiger partial charge on any atom is -0.382 e. The normalized spacial score (nSPS) is 24.0. The number of benzene rings is 1. The van der Waals surface area contributed by atoms with Gasteiger partial charge in [0.1, 0.15) is 0 Å². The van der Waals surface area contributed by atoms with Crippen molar-refractivity contribution in [2.24, 2.45) is 5.92 Å². The monoisotopic (exact) mass is 360 g/mol. The van der Waals surface area contributed by atoms with E-state index >= 15 is 0 Å². The van der Waals surface area contributed by atoms with E-state index in [1.54, 1.807) is 7.11 Å². The van der Waals surface area contributed by atoms with Crippen LogP contribution < -0.4 is 10.6 Å². The second-order valence-electron chi connectivity index (χ2n) is 7.92. The lowest BCUT2D eigenvalue weighted by molar-refractivity contribution is -0.124. The lowest BCUT2D eigenvalue weighted by Gasteiger charge is -2.41. The number of ether oxygens (including phenoxy) is 2. The lowest BCUT2D eigenvalue weighted by Crippen LogP contribution is -2.50. The molecule has 1 aliphatic carbocycles. The van der Waals surface area contributed by atoms with Crippen LogP contribution in [0.2, 0.25) is 0 Å². The molecule has 1 spiro atoms. The van der Waals surface area contributed by atoms with Gasteiger partial charge in [0.25, 0.3) is 0 Å². The first-order chi connectivity index (χ1) is 12.6. The number of fused-ring (bicyclic) bond motifs is 2. The Labute approximate surface area is 156 Å². The van der Waals surface area contributed by atoms with Crippen LogP contribution in [0.5, 0.6) is 0 Å². The fourth-order valence-electron chi connectivity index (χ4n) is 4.55. The van der Waals surface area contributed by atoms with Crippen molar-refractivity contribution in [2.75, 3.05) is 33.4 Å². The SMILES string of the molecule is COCCO[C@H]1[C@H](NC(=O)CC(C)C)c2ccccc2C12CCNCC2. The summed E-state index contributed by atoms with van der Waals surface area (Å²) in [5.74, 6) is 0.443. The van der Waals surface area contributed by atoms with Crippen LogP contribution >= 0.6 is 0 Å². The van der Waals surface area contributed by atoms with Crippen LogP contribution in [0.1, 0.15) is 50.3 Å². The predicted octanol–water partition coefficient (Wildman–Crippen LogP) is 2.56. The van der Waals surface area contributed by atoms with Gasteiger partial charge in [-0.05, 0) is 43.0 Å². The van der Waals surface area contributed by atoms with E-state index in [1.165, 1.54) is 11.1 Å². The molecule has 2 N–H and O–H groups in total. The molecule has 0 unspecified atom stereocenters. The van der Waals surface area contributed by atoms with E-state index in [4.69, 9.17) is 9.47 Å². The molecule has 1 amide bonds. The second kappa shape index (κ2) is 8.51. The Balaban J connectivity index is 1.92.